The monoisotopic (exact) mass is 201 g/mol. The van der Waals surface area contributed by atoms with Crippen molar-refractivity contribution >= 4 is 5.97 Å². The molecule has 0 heterocycles. The molecular formula is C11H21O3-. The van der Waals surface area contributed by atoms with E-state index in [1.165, 1.54) is 25.7 Å². The number of carboxylic acid groups (broad SMARTS) is 1. The lowest BCUT2D eigenvalue weighted by Gasteiger charge is -2.10. The molecule has 0 aliphatic rings. The highest BCUT2D eigenvalue weighted by molar-refractivity contribution is 5.69. The third-order valence-electron chi connectivity index (χ3n) is 2.35. The van der Waals surface area contributed by atoms with Crippen molar-refractivity contribution in [1.82, 2.24) is 0 Å². The van der Waals surface area contributed by atoms with Gasteiger partial charge in [0.25, 0.3) is 0 Å². The summed E-state index contributed by atoms with van der Waals surface area (Å²) in [4.78, 5) is 10.1. The number of aliphatic hydroxyl groups is 1. The van der Waals surface area contributed by atoms with Gasteiger partial charge in [-0.25, -0.2) is 0 Å². The molecule has 0 aliphatic carbocycles. The first-order valence-corrected chi connectivity index (χ1v) is 5.57. The smallest absolute Gasteiger partial charge is 0.0933 e. The standard InChI is InChI=1S/C11H22O3/c1-2-3-4-5-6-7-8-9-10(12)11(13)14/h10,12H,2-9H2,1H3,(H,13,14)/p-1. The second kappa shape index (κ2) is 9.00. The molecule has 0 bridgehead atoms. The Morgan fingerprint density at radius 1 is 1.14 bits per heavy atom. The van der Waals surface area contributed by atoms with Crippen molar-refractivity contribution in [2.75, 3.05) is 0 Å². The molecule has 0 rings (SSSR count). The number of carbonyl (C=O) groups is 1. The molecule has 0 radical (unpaired) electrons. The van der Waals surface area contributed by atoms with Crippen molar-refractivity contribution in [3.05, 3.63) is 0 Å². The second-order valence-electron chi connectivity index (χ2n) is 3.74. The lowest BCUT2D eigenvalue weighted by molar-refractivity contribution is -0.315. The molecule has 0 aromatic rings. The van der Waals surface area contributed by atoms with Crippen LogP contribution in [0.5, 0.6) is 0 Å². The Hall–Kier alpha value is -0.570. The summed E-state index contributed by atoms with van der Waals surface area (Å²) in [6, 6.07) is 0. The summed E-state index contributed by atoms with van der Waals surface area (Å²) in [5.41, 5.74) is 0. The van der Waals surface area contributed by atoms with E-state index in [1.807, 2.05) is 0 Å². The Labute approximate surface area is 86.1 Å². The van der Waals surface area contributed by atoms with Gasteiger partial charge in [0.1, 0.15) is 0 Å². The van der Waals surface area contributed by atoms with Crippen molar-refractivity contribution in [3.8, 4) is 0 Å². The fraction of sp³-hybridized carbons (Fsp3) is 0.909. The highest BCUT2D eigenvalue weighted by atomic mass is 16.4. The Morgan fingerprint density at radius 2 is 1.64 bits per heavy atom. The van der Waals surface area contributed by atoms with Gasteiger partial charge in [-0.05, 0) is 6.42 Å². The van der Waals surface area contributed by atoms with Gasteiger partial charge in [0, 0.05) is 0 Å². The highest BCUT2D eigenvalue weighted by Gasteiger charge is 2.03. The minimum Gasteiger partial charge on any atom is -0.547 e. The molecule has 0 aliphatic heterocycles. The van der Waals surface area contributed by atoms with E-state index < -0.39 is 12.1 Å². The van der Waals surface area contributed by atoms with Crippen molar-refractivity contribution in [3.63, 3.8) is 0 Å². The van der Waals surface area contributed by atoms with E-state index in [9.17, 15) is 9.90 Å². The number of hydrogen-bond acceptors (Lipinski definition) is 3. The second-order valence-corrected chi connectivity index (χ2v) is 3.74. The lowest BCUT2D eigenvalue weighted by atomic mass is 10.1. The molecule has 3 heteroatoms. The van der Waals surface area contributed by atoms with Crippen LogP contribution < -0.4 is 5.11 Å². The van der Waals surface area contributed by atoms with Gasteiger partial charge >= 0.3 is 0 Å². The van der Waals surface area contributed by atoms with Gasteiger partial charge in [0.2, 0.25) is 0 Å². The first kappa shape index (κ1) is 13.4. The Kier molecular flexibility index (Phi) is 8.64. The fourth-order valence-electron chi connectivity index (χ4n) is 1.41. The Morgan fingerprint density at radius 3 is 2.14 bits per heavy atom. The first-order valence-electron chi connectivity index (χ1n) is 5.57. The van der Waals surface area contributed by atoms with E-state index in [2.05, 4.69) is 6.92 Å². The highest BCUT2D eigenvalue weighted by Crippen LogP contribution is 2.09. The van der Waals surface area contributed by atoms with Crippen LogP contribution in [0.25, 0.3) is 0 Å². The predicted molar refractivity (Wildman–Crippen MR) is 53.6 cm³/mol. The summed E-state index contributed by atoms with van der Waals surface area (Å²) in [6.45, 7) is 2.18. The molecule has 14 heavy (non-hydrogen) atoms. The van der Waals surface area contributed by atoms with E-state index in [0.717, 1.165) is 19.3 Å². The summed E-state index contributed by atoms with van der Waals surface area (Å²) >= 11 is 0. The topological polar surface area (TPSA) is 60.4 Å². The van der Waals surface area contributed by atoms with Gasteiger partial charge in [-0.15, -0.1) is 0 Å². The number of carboxylic acids is 1. The molecule has 1 atom stereocenters. The Balaban J connectivity index is 3.09. The molecular weight excluding hydrogens is 180 g/mol. The maximum atomic E-state index is 10.1. The van der Waals surface area contributed by atoms with E-state index in [1.54, 1.807) is 0 Å². The van der Waals surface area contributed by atoms with Crippen LogP contribution in [-0.4, -0.2) is 17.2 Å². The maximum Gasteiger partial charge on any atom is 0.0933 e. The minimum atomic E-state index is -1.35. The zero-order chi connectivity index (χ0) is 10.8. The number of rotatable bonds is 9. The molecule has 3 nitrogen and oxygen atoms in total. The van der Waals surface area contributed by atoms with Crippen molar-refractivity contribution in [2.24, 2.45) is 0 Å². The molecule has 0 saturated heterocycles. The Bertz CT molecular complexity index is 145. The van der Waals surface area contributed by atoms with E-state index in [0.29, 0.717) is 6.42 Å². The molecule has 0 saturated carbocycles. The van der Waals surface area contributed by atoms with Crippen molar-refractivity contribution < 1.29 is 15.0 Å². The zero-order valence-corrected chi connectivity index (χ0v) is 9.00. The van der Waals surface area contributed by atoms with Crippen molar-refractivity contribution in [2.45, 2.75) is 64.4 Å². The summed E-state index contributed by atoms with van der Waals surface area (Å²) in [7, 11) is 0. The van der Waals surface area contributed by atoms with Gasteiger partial charge in [-0.2, -0.15) is 0 Å². The maximum absolute atomic E-state index is 10.1. The summed E-state index contributed by atoms with van der Waals surface area (Å²) in [5, 5.41) is 19.0. The average Bonchev–Trinajstić information content (AvgIpc) is 2.16. The number of aliphatic carboxylic acids is 1. The molecule has 84 valence electrons. The molecule has 0 fully saturated rings. The van der Waals surface area contributed by atoms with Crippen LogP contribution in [0.4, 0.5) is 0 Å². The van der Waals surface area contributed by atoms with Crippen LogP contribution in [0.3, 0.4) is 0 Å². The summed E-state index contributed by atoms with van der Waals surface area (Å²) < 4.78 is 0. The fourth-order valence-corrected chi connectivity index (χ4v) is 1.41. The molecule has 1 unspecified atom stereocenters. The van der Waals surface area contributed by atoms with Crippen LogP contribution >= 0.6 is 0 Å². The molecule has 0 aromatic heterocycles. The number of carbonyl (C=O) groups excluding carboxylic acids is 1. The van der Waals surface area contributed by atoms with Gasteiger partial charge < -0.3 is 15.0 Å². The lowest BCUT2D eigenvalue weighted by Crippen LogP contribution is -2.35. The van der Waals surface area contributed by atoms with Gasteiger partial charge in [0.05, 0.1) is 12.1 Å². The molecule has 1 N–H and O–H groups in total. The average molecular weight is 201 g/mol. The largest absolute Gasteiger partial charge is 0.547 e. The molecule has 0 amide bonds. The van der Waals surface area contributed by atoms with Gasteiger partial charge in [0.15, 0.2) is 0 Å². The zero-order valence-electron chi connectivity index (χ0n) is 9.00. The number of hydrogen-bond donors (Lipinski definition) is 1. The predicted octanol–water partition coefficient (Wildman–Crippen LogP) is 1.24. The first-order chi connectivity index (χ1) is 6.68. The quantitative estimate of drug-likeness (QED) is 0.571. The molecule has 0 aromatic carbocycles. The van der Waals surface area contributed by atoms with Crippen LogP contribution in [-0.2, 0) is 4.79 Å². The third-order valence-corrected chi connectivity index (χ3v) is 2.35. The van der Waals surface area contributed by atoms with Gasteiger partial charge in [-0.3, -0.25) is 0 Å². The molecule has 0 spiro atoms. The van der Waals surface area contributed by atoms with Gasteiger partial charge in [-0.1, -0.05) is 51.9 Å². The summed E-state index contributed by atoms with van der Waals surface area (Å²) in [5.74, 6) is -1.35. The van der Waals surface area contributed by atoms with Crippen LogP contribution in [0, 0.1) is 0 Å². The van der Waals surface area contributed by atoms with Crippen LogP contribution in [0.15, 0.2) is 0 Å². The third kappa shape index (κ3) is 8.05. The van der Waals surface area contributed by atoms with E-state index >= 15 is 0 Å². The number of unbranched alkanes of at least 4 members (excludes halogenated alkanes) is 6. The van der Waals surface area contributed by atoms with E-state index in [-0.39, 0.29) is 0 Å². The SMILES string of the molecule is CCCCCCCCCC(O)C(=O)[O-]. The normalized spacial score (nSPS) is 12.7. The number of aliphatic hydroxyl groups excluding tert-OH is 1. The minimum absolute atomic E-state index is 0.329. The van der Waals surface area contributed by atoms with Crippen LogP contribution in [0.1, 0.15) is 58.3 Å². The van der Waals surface area contributed by atoms with Crippen molar-refractivity contribution in [1.29, 1.82) is 0 Å². The van der Waals surface area contributed by atoms with Crippen LogP contribution in [0.2, 0.25) is 0 Å². The van der Waals surface area contributed by atoms with E-state index in [4.69, 9.17) is 5.11 Å². The summed E-state index contributed by atoms with van der Waals surface area (Å²) in [6.07, 6.45) is 6.98.